The van der Waals surface area contributed by atoms with Crippen LogP contribution in [-0.4, -0.2) is 22.6 Å². The summed E-state index contributed by atoms with van der Waals surface area (Å²) in [6.07, 6.45) is 0. The smallest absolute Gasteiger partial charge is 0.341 e. The van der Waals surface area contributed by atoms with Gasteiger partial charge < -0.3 is 9.84 Å². The van der Waals surface area contributed by atoms with E-state index in [1.165, 1.54) is 6.07 Å². The van der Waals surface area contributed by atoms with Crippen molar-refractivity contribution in [3.63, 3.8) is 0 Å². The number of carboxylic acid groups (broad SMARTS) is 1. The van der Waals surface area contributed by atoms with Crippen molar-refractivity contribution in [3.05, 3.63) is 33.9 Å². The molecule has 0 saturated heterocycles. The van der Waals surface area contributed by atoms with Crippen LogP contribution >= 0.6 is 0 Å². The first kappa shape index (κ1) is 11.0. The summed E-state index contributed by atoms with van der Waals surface area (Å²) in [5.41, 5.74) is 0.238. The number of nitro benzene ring substituents is 1. The average molecular weight is 211 g/mol. The maximum Gasteiger partial charge on any atom is 0.341 e. The second kappa shape index (κ2) is 4.41. The Morgan fingerprint density at radius 3 is 2.80 bits per heavy atom. The van der Waals surface area contributed by atoms with Crippen LogP contribution in [0, 0.1) is 17.0 Å². The van der Waals surface area contributed by atoms with E-state index < -0.39 is 17.5 Å². The van der Waals surface area contributed by atoms with Gasteiger partial charge in [0.2, 0.25) is 0 Å². The number of aryl methyl sites for hydroxylation is 1. The predicted octanol–water partition coefficient (Wildman–Crippen LogP) is 1.37. The van der Waals surface area contributed by atoms with Crippen LogP contribution in [0.15, 0.2) is 18.2 Å². The van der Waals surface area contributed by atoms with E-state index in [1.54, 1.807) is 19.1 Å². The van der Waals surface area contributed by atoms with Crippen LogP contribution in [0.5, 0.6) is 5.75 Å². The number of hydrogen-bond donors (Lipinski definition) is 1. The highest BCUT2D eigenvalue weighted by Crippen LogP contribution is 2.29. The van der Waals surface area contributed by atoms with Gasteiger partial charge in [-0.15, -0.1) is 0 Å². The van der Waals surface area contributed by atoms with E-state index in [1.807, 2.05) is 0 Å². The molecule has 1 N–H and O–H groups in total. The Morgan fingerprint density at radius 2 is 2.27 bits per heavy atom. The lowest BCUT2D eigenvalue weighted by Gasteiger charge is -2.05. The van der Waals surface area contributed by atoms with Crippen LogP contribution in [-0.2, 0) is 4.79 Å². The Kier molecular flexibility index (Phi) is 3.22. The summed E-state index contributed by atoms with van der Waals surface area (Å²) in [4.78, 5) is 20.3. The molecule has 1 aromatic rings. The third-order valence-corrected chi connectivity index (χ3v) is 1.73. The van der Waals surface area contributed by atoms with Gasteiger partial charge in [-0.3, -0.25) is 10.1 Å². The van der Waals surface area contributed by atoms with Crippen LogP contribution in [0.4, 0.5) is 5.69 Å². The predicted molar refractivity (Wildman–Crippen MR) is 51.0 cm³/mol. The normalized spacial score (nSPS) is 9.67. The number of rotatable bonds is 4. The Labute approximate surface area is 85.2 Å². The zero-order chi connectivity index (χ0) is 11.4. The number of carbonyl (C=O) groups is 1. The highest BCUT2D eigenvalue weighted by atomic mass is 16.6. The van der Waals surface area contributed by atoms with E-state index >= 15 is 0 Å². The molecule has 0 radical (unpaired) electrons. The number of nitrogens with zero attached hydrogens (tertiary/aromatic N) is 1. The summed E-state index contributed by atoms with van der Waals surface area (Å²) in [6, 6.07) is 4.50. The Morgan fingerprint density at radius 1 is 1.60 bits per heavy atom. The molecule has 1 rings (SSSR count). The van der Waals surface area contributed by atoms with E-state index in [0.717, 1.165) is 0 Å². The lowest BCUT2D eigenvalue weighted by molar-refractivity contribution is -0.386. The van der Waals surface area contributed by atoms with Crippen molar-refractivity contribution in [2.75, 3.05) is 6.61 Å². The van der Waals surface area contributed by atoms with E-state index in [0.29, 0.717) is 5.56 Å². The van der Waals surface area contributed by atoms with Crippen molar-refractivity contribution in [2.45, 2.75) is 6.92 Å². The Balaban J connectivity index is 3.01. The number of aliphatic carboxylic acids is 1. The molecule has 6 nitrogen and oxygen atoms in total. The fourth-order valence-electron chi connectivity index (χ4n) is 1.12. The van der Waals surface area contributed by atoms with Gasteiger partial charge in [-0.25, -0.2) is 4.79 Å². The van der Waals surface area contributed by atoms with Crippen molar-refractivity contribution >= 4 is 11.7 Å². The van der Waals surface area contributed by atoms with E-state index in [2.05, 4.69) is 0 Å². The molecule has 0 amide bonds. The number of ether oxygens (including phenoxy) is 1. The first-order chi connectivity index (χ1) is 7.02. The first-order valence-electron chi connectivity index (χ1n) is 4.11. The molecular weight excluding hydrogens is 202 g/mol. The first-order valence-corrected chi connectivity index (χ1v) is 4.11. The van der Waals surface area contributed by atoms with Gasteiger partial charge in [-0.05, 0) is 13.0 Å². The molecule has 0 unspecified atom stereocenters. The lowest BCUT2D eigenvalue weighted by atomic mass is 10.2. The van der Waals surface area contributed by atoms with Crippen molar-refractivity contribution in [1.82, 2.24) is 0 Å². The molecule has 0 atom stereocenters. The maximum absolute atomic E-state index is 10.7. The maximum atomic E-state index is 10.7. The largest absolute Gasteiger partial charge is 0.479 e. The molecule has 1 aromatic carbocycles. The molecule has 15 heavy (non-hydrogen) atoms. The molecule has 0 aliphatic rings. The van der Waals surface area contributed by atoms with Crippen LogP contribution in [0.25, 0.3) is 0 Å². The van der Waals surface area contributed by atoms with E-state index in [4.69, 9.17) is 9.84 Å². The van der Waals surface area contributed by atoms with Crippen LogP contribution in [0.3, 0.4) is 0 Å². The number of para-hydroxylation sites is 1. The molecule has 0 aromatic heterocycles. The number of nitro groups is 1. The molecule has 0 saturated carbocycles. The van der Waals surface area contributed by atoms with Crippen molar-refractivity contribution < 1.29 is 19.6 Å². The molecular formula is C9H9NO5. The standard InChI is InChI=1S/C9H9NO5/c1-6-3-2-4-7(9(6)10(13)14)15-5-8(11)12/h2-4H,5H2,1H3,(H,11,12). The van der Waals surface area contributed by atoms with Crippen LogP contribution in [0.2, 0.25) is 0 Å². The highest BCUT2D eigenvalue weighted by Gasteiger charge is 2.18. The minimum Gasteiger partial charge on any atom is -0.479 e. The topological polar surface area (TPSA) is 89.7 Å². The van der Waals surface area contributed by atoms with Gasteiger partial charge in [0.1, 0.15) is 0 Å². The van der Waals surface area contributed by atoms with E-state index in [9.17, 15) is 14.9 Å². The summed E-state index contributed by atoms with van der Waals surface area (Å²) in [7, 11) is 0. The Bertz CT molecular complexity index is 401. The summed E-state index contributed by atoms with van der Waals surface area (Å²) >= 11 is 0. The quantitative estimate of drug-likeness (QED) is 0.600. The number of hydrogen-bond acceptors (Lipinski definition) is 4. The van der Waals surface area contributed by atoms with Gasteiger partial charge in [-0.1, -0.05) is 12.1 Å². The van der Waals surface area contributed by atoms with Gasteiger partial charge >= 0.3 is 11.7 Å². The minimum atomic E-state index is -1.18. The van der Waals surface area contributed by atoms with Crippen LogP contribution in [0.1, 0.15) is 5.56 Å². The summed E-state index contributed by atoms with van der Waals surface area (Å²) in [5.74, 6) is -1.20. The molecule has 0 aliphatic heterocycles. The molecule has 80 valence electrons. The molecule has 0 spiro atoms. The molecule has 0 heterocycles. The zero-order valence-electron chi connectivity index (χ0n) is 7.97. The fraction of sp³-hybridized carbons (Fsp3) is 0.222. The van der Waals surface area contributed by atoms with Gasteiger partial charge in [0.25, 0.3) is 0 Å². The van der Waals surface area contributed by atoms with E-state index in [-0.39, 0.29) is 11.4 Å². The SMILES string of the molecule is Cc1cccc(OCC(=O)O)c1[N+](=O)[O-]. The van der Waals surface area contributed by atoms with Gasteiger partial charge in [0.15, 0.2) is 12.4 Å². The van der Waals surface area contributed by atoms with Gasteiger partial charge in [0, 0.05) is 5.56 Å². The van der Waals surface area contributed by atoms with Crippen molar-refractivity contribution in [1.29, 1.82) is 0 Å². The fourth-order valence-corrected chi connectivity index (χ4v) is 1.12. The summed E-state index contributed by atoms with van der Waals surface area (Å²) in [6.45, 7) is 0.968. The summed E-state index contributed by atoms with van der Waals surface area (Å²) in [5, 5.41) is 19.0. The third-order valence-electron chi connectivity index (χ3n) is 1.73. The summed E-state index contributed by atoms with van der Waals surface area (Å²) < 4.78 is 4.80. The van der Waals surface area contributed by atoms with Gasteiger partial charge in [0.05, 0.1) is 4.92 Å². The Hall–Kier alpha value is -2.11. The monoisotopic (exact) mass is 211 g/mol. The second-order valence-electron chi connectivity index (χ2n) is 2.86. The van der Waals surface area contributed by atoms with Crippen molar-refractivity contribution in [3.8, 4) is 5.75 Å². The van der Waals surface area contributed by atoms with Gasteiger partial charge in [-0.2, -0.15) is 0 Å². The zero-order valence-corrected chi connectivity index (χ0v) is 7.97. The number of benzene rings is 1. The minimum absolute atomic E-state index is 0.0256. The van der Waals surface area contributed by atoms with Crippen LogP contribution < -0.4 is 4.74 Å². The molecule has 6 heteroatoms. The molecule has 0 aliphatic carbocycles. The molecule has 0 fully saturated rings. The van der Waals surface area contributed by atoms with Crippen molar-refractivity contribution in [2.24, 2.45) is 0 Å². The highest BCUT2D eigenvalue weighted by molar-refractivity contribution is 5.69. The number of carboxylic acids is 1. The average Bonchev–Trinajstić information content (AvgIpc) is 2.13. The molecule has 0 bridgehead atoms. The lowest BCUT2D eigenvalue weighted by Crippen LogP contribution is -2.10. The second-order valence-corrected chi connectivity index (χ2v) is 2.86. The third kappa shape index (κ3) is 2.67.